The average Bonchev–Trinajstić information content (AvgIpc) is 2.37. The van der Waals surface area contributed by atoms with Crippen molar-refractivity contribution >= 4 is 39.6 Å². The van der Waals surface area contributed by atoms with Crippen LogP contribution >= 0.6 is 27.5 Å². The Morgan fingerprint density at radius 3 is 2.62 bits per heavy atom. The fraction of sp³-hybridized carbons (Fsp3) is 0.308. The third-order valence-corrected chi connectivity index (χ3v) is 3.66. The molecule has 0 aliphatic carbocycles. The summed E-state index contributed by atoms with van der Waals surface area (Å²) < 4.78 is 43.5. The van der Waals surface area contributed by atoms with Gasteiger partial charge in [0, 0.05) is 21.5 Å². The summed E-state index contributed by atoms with van der Waals surface area (Å²) in [5.74, 6) is -1.98. The summed E-state index contributed by atoms with van der Waals surface area (Å²) in [6, 6.07) is 2.77. The van der Waals surface area contributed by atoms with Gasteiger partial charge in [-0.05, 0) is 30.2 Å². The van der Waals surface area contributed by atoms with E-state index in [2.05, 4.69) is 15.9 Å². The van der Waals surface area contributed by atoms with Gasteiger partial charge in [-0.2, -0.15) is 13.2 Å². The molecule has 114 valence electrons. The molecule has 0 spiro atoms. The highest BCUT2D eigenvalue weighted by atomic mass is 79.9. The molecule has 8 heteroatoms. The van der Waals surface area contributed by atoms with Crippen molar-refractivity contribution in [2.24, 2.45) is 0 Å². The maximum atomic E-state index is 12.9. The fourth-order valence-electron chi connectivity index (χ4n) is 1.96. The molecule has 1 aromatic rings. The Balaban J connectivity index is 2.53. The Bertz CT molecular complexity index is 613. The number of benzene rings is 1. The van der Waals surface area contributed by atoms with Crippen molar-refractivity contribution in [2.75, 3.05) is 5.33 Å². The molecule has 0 saturated carbocycles. The van der Waals surface area contributed by atoms with Crippen molar-refractivity contribution in [3.63, 3.8) is 0 Å². The molecule has 1 atom stereocenters. The molecule has 1 heterocycles. The van der Waals surface area contributed by atoms with E-state index in [4.69, 9.17) is 16.3 Å². The molecule has 21 heavy (non-hydrogen) atoms. The number of ether oxygens (including phenoxy) is 1. The van der Waals surface area contributed by atoms with Crippen LogP contribution in [0.5, 0.6) is 5.75 Å². The van der Waals surface area contributed by atoms with Gasteiger partial charge in [-0.1, -0.05) is 27.5 Å². The van der Waals surface area contributed by atoms with Gasteiger partial charge in [-0.25, -0.2) is 0 Å². The first-order valence-corrected chi connectivity index (χ1v) is 7.28. The first-order valence-electron chi connectivity index (χ1n) is 5.78. The minimum atomic E-state index is -4.85. The molecule has 2 rings (SSSR count). The minimum Gasteiger partial charge on any atom is -0.545 e. The number of carbonyl (C=O) groups is 1. The number of aliphatic carboxylic acids is 1. The van der Waals surface area contributed by atoms with Gasteiger partial charge in [0.15, 0.2) is 0 Å². The van der Waals surface area contributed by atoms with E-state index in [0.717, 1.165) is 6.08 Å². The molecular formula is C13H8BrClF3O3-. The van der Waals surface area contributed by atoms with E-state index in [1.165, 1.54) is 12.1 Å². The van der Waals surface area contributed by atoms with E-state index in [-0.39, 0.29) is 11.3 Å². The van der Waals surface area contributed by atoms with Crippen LogP contribution in [0.25, 0.3) is 6.08 Å². The SMILES string of the molecule is O=C([O-])C1=Cc2cc(Cl)c(CCBr)cc2OC1C(F)(F)F. The third kappa shape index (κ3) is 3.35. The summed E-state index contributed by atoms with van der Waals surface area (Å²) in [7, 11) is 0. The third-order valence-electron chi connectivity index (χ3n) is 2.91. The number of carbonyl (C=O) groups excluding carboxylic acids is 1. The summed E-state index contributed by atoms with van der Waals surface area (Å²) in [6.45, 7) is 0. The van der Waals surface area contributed by atoms with Gasteiger partial charge >= 0.3 is 6.18 Å². The molecular weight excluding hydrogens is 376 g/mol. The standard InChI is InChI=1S/C13H9BrClF3O3/c14-2-1-6-5-10-7(4-9(6)15)3-8(12(19)20)11(21-10)13(16,17)18/h3-5,11H,1-2H2,(H,19,20)/p-1. The molecule has 0 fully saturated rings. The zero-order valence-corrected chi connectivity index (χ0v) is 12.7. The summed E-state index contributed by atoms with van der Waals surface area (Å²) >= 11 is 9.21. The van der Waals surface area contributed by atoms with E-state index < -0.39 is 23.8 Å². The van der Waals surface area contributed by atoms with Crippen LogP contribution < -0.4 is 9.84 Å². The second kappa shape index (κ2) is 5.88. The van der Waals surface area contributed by atoms with E-state index in [9.17, 15) is 23.1 Å². The Labute approximate surface area is 131 Å². The number of halogens is 5. The number of carboxylic acid groups (broad SMARTS) is 1. The smallest absolute Gasteiger partial charge is 0.429 e. The molecule has 1 unspecified atom stereocenters. The van der Waals surface area contributed by atoms with Gasteiger partial charge < -0.3 is 14.6 Å². The molecule has 0 aromatic heterocycles. The summed E-state index contributed by atoms with van der Waals surface area (Å²) in [5.41, 5.74) is -0.184. The first kappa shape index (κ1) is 16.2. The van der Waals surface area contributed by atoms with E-state index in [1.54, 1.807) is 0 Å². The molecule has 0 bridgehead atoms. The maximum Gasteiger partial charge on any atom is 0.429 e. The summed E-state index contributed by atoms with van der Waals surface area (Å²) in [6.07, 6.45) is -6.01. The lowest BCUT2D eigenvalue weighted by atomic mass is 9.99. The van der Waals surface area contributed by atoms with Gasteiger partial charge in [0.2, 0.25) is 6.10 Å². The highest BCUT2D eigenvalue weighted by Gasteiger charge is 2.46. The Morgan fingerprint density at radius 1 is 1.43 bits per heavy atom. The van der Waals surface area contributed by atoms with Crippen LogP contribution in [0.3, 0.4) is 0 Å². The van der Waals surface area contributed by atoms with Crippen molar-refractivity contribution < 1.29 is 27.8 Å². The van der Waals surface area contributed by atoms with E-state index in [1.807, 2.05) is 0 Å². The number of hydrogen-bond donors (Lipinski definition) is 0. The lowest BCUT2D eigenvalue weighted by Gasteiger charge is -2.29. The van der Waals surface area contributed by atoms with Crippen LogP contribution in [0, 0.1) is 0 Å². The highest BCUT2D eigenvalue weighted by molar-refractivity contribution is 9.09. The topological polar surface area (TPSA) is 49.4 Å². The van der Waals surface area contributed by atoms with E-state index in [0.29, 0.717) is 22.3 Å². The quantitative estimate of drug-likeness (QED) is 0.753. The Morgan fingerprint density at radius 2 is 2.10 bits per heavy atom. The number of carboxylic acids is 1. The van der Waals surface area contributed by atoms with Crippen LogP contribution in [0.1, 0.15) is 11.1 Å². The van der Waals surface area contributed by atoms with Crippen molar-refractivity contribution in [3.8, 4) is 5.75 Å². The van der Waals surface area contributed by atoms with Crippen molar-refractivity contribution in [2.45, 2.75) is 18.7 Å². The number of fused-ring (bicyclic) bond motifs is 1. The fourth-order valence-corrected chi connectivity index (χ4v) is 2.66. The van der Waals surface area contributed by atoms with Crippen LogP contribution in [0.2, 0.25) is 5.02 Å². The zero-order chi connectivity index (χ0) is 15.8. The molecule has 0 saturated heterocycles. The van der Waals surface area contributed by atoms with Gasteiger partial charge in [0.05, 0.1) is 5.97 Å². The molecule has 0 radical (unpaired) electrons. The number of aryl methyl sites for hydroxylation is 1. The van der Waals surface area contributed by atoms with Gasteiger partial charge in [-0.15, -0.1) is 0 Å². The molecule has 0 N–H and O–H groups in total. The molecule has 0 amide bonds. The predicted molar refractivity (Wildman–Crippen MR) is 72.4 cm³/mol. The van der Waals surface area contributed by atoms with Crippen molar-refractivity contribution in [1.82, 2.24) is 0 Å². The predicted octanol–water partition coefficient (Wildman–Crippen LogP) is 2.73. The van der Waals surface area contributed by atoms with Crippen LogP contribution in [-0.2, 0) is 11.2 Å². The largest absolute Gasteiger partial charge is 0.545 e. The lowest BCUT2D eigenvalue weighted by Crippen LogP contribution is -2.44. The van der Waals surface area contributed by atoms with Gasteiger partial charge in [0.25, 0.3) is 0 Å². The monoisotopic (exact) mass is 383 g/mol. The minimum absolute atomic E-state index is 0.0531. The number of rotatable bonds is 3. The second-order valence-corrected chi connectivity index (χ2v) is 5.55. The second-order valence-electron chi connectivity index (χ2n) is 4.35. The summed E-state index contributed by atoms with van der Waals surface area (Å²) in [5, 5.41) is 11.8. The Hall–Kier alpha value is -1.21. The van der Waals surface area contributed by atoms with Gasteiger partial charge in [0.1, 0.15) is 5.75 Å². The van der Waals surface area contributed by atoms with Crippen LogP contribution in [0.4, 0.5) is 13.2 Å². The first-order chi connectivity index (χ1) is 9.74. The molecule has 1 aliphatic rings. The zero-order valence-electron chi connectivity index (χ0n) is 10.3. The number of hydrogen-bond acceptors (Lipinski definition) is 3. The molecule has 3 nitrogen and oxygen atoms in total. The molecule has 1 aromatic carbocycles. The maximum absolute atomic E-state index is 12.9. The number of alkyl halides is 4. The van der Waals surface area contributed by atoms with Crippen LogP contribution in [-0.4, -0.2) is 23.6 Å². The highest BCUT2D eigenvalue weighted by Crippen LogP contribution is 2.39. The Kier molecular flexibility index (Phi) is 4.53. The summed E-state index contributed by atoms with van der Waals surface area (Å²) in [4.78, 5) is 10.9. The average molecular weight is 385 g/mol. The van der Waals surface area contributed by atoms with Gasteiger partial charge in [-0.3, -0.25) is 0 Å². The lowest BCUT2D eigenvalue weighted by molar-refractivity contribution is -0.302. The normalized spacial score (nSPS) is 17.8. The van der Waals surface area contributed by atoms with Crippen molar-refractivity contribution in [1.29, 1.82) is 0 Å². The molecule has 1 aliphatic heterocycles. The van der Waals surface area contributed by atoms with Crippen LogP contribution in [0.15, 0.2) is 17.7 Å². The van der Waals surface area contributed by atoms with E-state index >= 15 is 0 Å². The van der Waals surface area contributed by atoms with Crippen molar-refractivity contribution in [3.05, 3.63) is 33.9 Å².